The van der Waals surface area contributed by atoms with Crippen LogP contribution in [0.25, 0.3) is 10.9 Å². The number of halogens is 1. The number of amides is 1. The molecule has 1 aliphatic carbocycles. The van der Waals surface area contributed by atoms with E-state index in [0.717, 1.165) is 37.0 Å². The van der Waals surface area contributed by atoms with Crippen LogP contribution in [-0.2, 0) is 4.74 Å². The molecule has 0 bridgehead atoms. The van der Waals surface area contributed by atoms with Gasteiger partial charge in [0.1, 0.15) is 5.82 Å². The smallest absolute Gasteiger partial charge is 0.407 e. The zero-order valence-corrected chi connectivity index (χ0v) is 14.8. The number of hydrogen-bond donors (Lipinski definition) is 2. The number of carbonyl (C=O) groups is 1. The molecule has 0 spiro atoms. The number of likely N-dealkylation sites (N-methyl/N-ethyl adjacent to an activating group) is 1. The Hall–Kier alpha value is -2.08. The molecule has 1 saturated carbocycles. The van der Waals surface area contributed by atoms with E-state index in [2.05, 4.69) is 22.1 Å². The van der Waals surface area contributed by atoms with Crippen LogP contribution in [0.3, 0.4) is 0 Å². The molecule has 1 aromatic carbocycles. The van der Waals surface area contributed by atoms with Crippen molar-refractivity contribution in [1.29, 1.82) is 0 Å². The van der Waals surface area contributed by atoms with Gasteiger partial charge in [0.15, 0.2) is 0 Å². The topological polar surface area (TPSA) is 57.4 Å². The minimum atomic E-state index is -0.358. The number of fused-ring (bicyclic) bond motifs is 1. The fourth-order valence-corrected chi connectivity index (χ4v) is 3.46. The summed E-state index contributed by atoms with van der Waals surface area (Å²) in [7, 11) is 0. The monoisotopic (exact) mass is 347 g/mol. The molecule has 25 heavy (non-hydrogen) atoms. The molecule has 2 unspecified atom stereocenters. The van der Waals surface area contributed by atoms with Crippen LogP contribution in [0.1, 0.15) is 31.7 Å². The molecule has 1 aromatic heterocycles. The van der Waals surface area contributed by atoms with Crippen LogP contribution < -0.4 is 5.32 Å². The number of aromatic amines is 1. The highest BCUT2D eigenvalue weighted by Gasteiger charge is 2.40. The molecule has 1 aliphatic rings. The van der Waals surface area contributed by atoms with Crippen molar-refractivity contribution in [2.45, 2.75) is 26.2 Å². The number of carbonyl (C=O) groups excluding carboxylic acids is 1. The maximum absolute atomic E-state index is 13.5. The van der Waals surface area contributed by atoms with Gasteiger partial charge in [-0.15, -0.1) is 0 Å². The summed E-state index contributed by atoms with van der Waals surface area (Å²) < 4.78 is 18.4. The predicted molar refractivity (Wildman–Crippen MR) is 96.2 cm³/mol. The van der Waals surface area contributed by atoms with Gasteiger partial charge in [-0.1, -0.05) is 6.92 Å². The lowest BCUT2D eigenvalue weighted by Crippen LogP contribution is -2.36. The molecule has 0 aliphatic heterocycles. The van der Waals surface area contributed by atoms with Gasteiger partial charge in [0, 0.05) is 36.7 Å². The van der Waals surface area contributed by atoms with Crippen molar-refractivity contribution in [3.05, 3.63) is 35.8 Å². The second kappa shape index (κ2) is 7.87. The van der Waals surface area contributed by atoms with Crippen LogP contribution in [0.4, 0.5) is 9.18 Å². The summed E-state index contributed by atoms with van der Waals surface area (Å²) in [5.74, 6) is 0.887. The summed E-state index contributed by atoms with van der Waals surface area (Å²) in [4.78, 5) is 16.9. The Morgan fingerprint density at radius 1 is 1.44 bits per heavy atom. The molecule has 2 N–H and O–H groups in total. The molecule has 1 fully saturated rings. The summed E-state index contributed by atoms with van der Waals surface area (Å²) >= 11 is 0. The molecule has 5 nitrogen and oxygen atoms in total. The van der Waals surface area contributed by atoms with E-state index in [1.165, 1.54) is 11.6 Å². The van der Waals surface area contributed by atoms with E-state index in [1.807, 2.05) is 6.20 Å². The Morgan fingerprint density at radius 3 is 3.04 bits per heavy atom. The average Bonchev–Trinajstić information content (AvgIpc) is 3.22. The molecule has 1 amide bonds. The first kappa shape index (κ1) is 17.7. The number of rotatable bonds is 8. The number of nitrogens with zero attached hydrogens (tertiary/aromatic N) is 1. The summed E-state index contributed by atoms with van der Waals surface area (Å²) in [6.45, 7) is 7.64. The van der Waals surface area contributed by atoms with E-state index in [9.17, 15) is 9.18 Å². The summed E-state index contributed by atoms with van der Waals surface area (Å²) in [6.07, 6.45) is 2.79. The summed E-state index contributed by atoms with van der Waals surface area (Å²) in [6, 6.07) is 4.91. The lowest BCUT2D eigenvalue weighted by Gasteiger charge is -2.20. The number of nitrogens with one attached hydrogen (secondary N) is 2. The van der Waals surface area contributed by atoms with Crippen molar-refractivity contribution < 1.29 is 13.9 Å². The first-order valence-electron chi connectivity index (χ1n) is 9.01. The van der Waals surface area contributed by atoms with Gasteiger partial charge in [-0.05, 0) is 55.5 Å². The van der Waals surface area contributed by atoms with Gasteiger partial charge in [0.05, 0.1) is 6.61 Å². The van der Waals surface area contributed by atoms with Crippen molar-refractivity contribution in [3.63, 3.8) is 0 Å². The molecule has 0 saturated heterocycles. The zero-order chi connectivity index (χ0) is 17.8. The Bertz CT molecular complexity index is 731. The van der Waals surface area contributed by atoms with E-state index in [1.54, 1.807) is 19.1 Å². The Kier molecular flexibility index (Phi) is 5.58. The standard InChI is InChI=1S/C19H26FN3O2/c1-3-23(8-7-21-19(24)25-4-2)12-13-9-15(13)17-11-22-18-6-5-14(20)10-16(17)18/h5-6,10-11,13,15,22H,3-4,7-9,12H2,1-2H3,(H,21,24). The Balaban J connectivity index is 1.52. The number of H-pyrrole nitrogens is 1. The van der Waals surface area contributed by atoms with Crippen molar-refractivity contribution >= 4 is 17.0 Å². The third-order valence-electron chi connectivity index (χ3n) is 4.91. The summed E-state index contributed by atoms with van der Waals surface area (Å²) in [5.41, 5.74) is 2.22. The SMILES string of the molecule is CCOC(=O)NCCN(CC)CC1CC1c1c[nH]c2ccc(F)cc12. The lowest BCUT2D eigenvalue weighted by atomic mass is 10.1. The molecular weight excluding hydrogens is 321 g/mol. The van der Waals surface area contributed by atoms with Crippen molar-refractivity contribution in [1.82, 2.24) is 15.2 Å². The molecule has 2 aromatic rings. The van der Waals surface area contributed by atoms with Crippen LogP contribution in [0, 0.1) is 11.7 Å². The largest absolute Gasteiger partial charge is 0.450 e. The van der Waals surface area contributed by atoms with E-state index < -0.39 is 0 Å². The van der Waals surface area contributed by atoms with Crippen LogP contribution in [-0.4, -0.2) is 48.8 Å². The minimum Gasteiger partial charge on any atom is -0.450 e. The number of aromatic nitrogens is 1. The van der Waals surface area contributed by atoms with Crippen molar-refractivity contribution in [2.24, 2.45) is 5.92 Å². The van der Waals surface area contributed by atoms with Gasteiger partial charge in [-0.25, -0.2) is 9.18 Å². The Morgan fingerprint density at radius 2 is 2.28 bits per heavy atom. The van der Waals surface area contributed by atoms with Gasteiger partial charge >= 0.3 is 6.09 Å². The van der Waals surface area contributed by atoms with Crippen LogP contribution in [0.2, 0.25) is 0 Å². The van der Waals surface area contributed by atoms with Crippen LogP contribution in [0.5, 0.6) is 0 Å². The third-order valence-corrected chi connectivity index (χ3v) is 4.91. The molecule has 6 heteroatoms. The highest BCUT2D eigenvalue weighted by Crippen LogP contribution is 2.49. The highest BCUT2D eigenvalue weighted by molar-refractivity contribution is 5.84. The number of benzene rings is 1. The van der Waals surface area contributed by atoms with Gasteiger partial charge < -0.3 is 19.9 Å². The van der Waals surface area contributed by atoms with Crippen molar-refractivity contribution in [3.8, 4) is 0 Å². The van der Waals surface area contributed by atoms with E-state index in [-0.39, 0.29) is 11.9 Å². The highest BCUT2D eigenvalue weighted by atomic mass is 19.1. The first-order valence-corrected chi connectivity index (χ1v) is 9.01. The maximum Gasteiger partial charge on any atom is 0.407 e. The molecular formula is C19H26FN3O2. The number of ether oxygens (including phenoxy) is 1. The van der Waals surface area contributed by atoms with Crippen molar-refractivity contribution in [2.75, 3.05) is 32.8 Å². The second-order valence-corrected chi connectivity index (χ2v) is 6.58. The van der Waals surface area contributed by atoms with Gasteiger partial charge in [0.25, 0.3) is 0 Å². The predicted octanol–water partition coefficient (Wildman–Crippen LogP) is 3.48. The van der Waals surface area contributed by atoms with Crippen LogP contribution in [0.15, 0.2) is 24.4 Å². The lowest BCUT2D eigenvalue weighted by molar-refractivity contribution is 0.150. The number of hydrogen-bond acceptors (Lipinski definition) is 3. The normalized spacial score (nSPS) is 19.4. The van der Waals surface area contributed by atoms with E-state index in [0.29, 0.717) is 25.0 Å². The fraction of sp³-hybridized carbons (Fsp3) is 0.526. The quantitative estimate of drug-likeness (QED) is 0.769. The van der Waals surface area contributed by atoms with Gasteiger partial charge in [0.2, 0.25) is 0 Å². The molecule has 136 valence electrons. The van der Waals surface area contributed by atoms with Crippen LogP contribution >= 0.6 is 0 Å². The Labute approximate surface area is 147 Å². The molecule has 3 rings (SSSR count). The van der Waals surface area contributed by atoms with Gasteiger partial charge in [-0.2, -0.15) is 0 Å². The second-order valence-electron chi connectivity index (χ2n) is 6.58. The average molecular weight is 347 g/mol. The molecule has 1 heterocycles. The molecule has 2 atom stereocenters. The fourth-order valence-electron chi connectivity index (χ4n) is 3.46. The third kappa shape index (κ3) is 4.31. The summed E-state index contributed by atoms with van der Waals surface area (Å²) in [5, 5.41) is 3.76. The molecule has 0 radical (unpaired) electrons. The van der Waals surface area contributed by atoms with Gasteiger partial charge in [-0.3, -0.25) is 0 Å². The number of alkyl carbamates (subject to hydrolysis) is 1. The maximum atomic E-state index is 13.5. The minimum absolute atomic E-state index is 0.189. The first-order chi connectivity index (χ1) is 12.1. The van der Waals surface area contributed by atoms with E-state index in [4.69, 9.17) is 4.74 Å². The zero-order valence-electron chi connectivity index (χ0n) is 14.8. The van der Waals surface area contributed by atoms with E-state index >= 15 is 0 Å².